The molecule has 1 aliphatic carbocycles. The number of alkyl halides is 3. The standard InChI is InChI=1S/C32H37BrClF3N8O3/c1-31(2,3)42-30(48)45-14-13-44(26-23-8-7-22(34)16-19(23)5-6-20-15-21(33)17-40-25(20)26)18-24(45)27(46)38-9-4-11-43-12-10-39-29(43)41-28(47)32(35,36)37/h7-8,10,12,15-17,24,26H,4-6,9,11,13-14,18H2,1-3H3,(H,38,46)(H,42,48)(H,39,41,47)/t24-,26?/m1/s1. The molecule has 2 aromatic heterocycles. The summed E-state index contributed by atoms with van der Waals surface area (Å²) in [6.07, 6.45) is 1.29. The number of piperazine rings is 1. The molecule has 1 aromatic carbocycles. The number of halogens is 5. The van der Waals surface area contributed by atoms with E-state index in [9.17, 15) is 27.6 Å². The summed E-state index contributed by atoms with van der Waals surface area (Å²) >= 11 is 9.95. The monoisotopic (exact) mass is 752 g/mol. The molecule has 4 amide bonds. The highest BCUT2D eigenvalue weighted by molar-refractivity contribution is 9.10. The average Bonchev–Trinajstić information content (AvgIpc) is 3.38. The van der Waals surface area contributed by atoms with E-state index in [4.69, 9.17) is 16.6 Å². The number of imidazole rings is 1. The van der Waals surface area contributed by atoms with E-state index in [0.29, 0.717) is 18.0 Å². The number of fused-ring (bicyclic) bond motifs is 2. The lowest BCUT2D eigenvalue weighted by molar-refractivity contribution is -0.167. The second-order valence-electron chi connectivity index (χ2n) is 12.9. The number of hydrogen-bond donors (Lipinski definition) is 3. The molecule has 1 saturated heterocycles. The van der Waals surface area contributed by atoms with Gasteiger partial charge in [0.25, 0.3) is 0 Å². The zero-order valence-electron chi connectivity index (χ0n) is 26.7. The number of carbonyl (C=O) groups is 3. The lowest BCUT2D eigenvalue weighted by atomic mass is 9.95. The maximum atomic E-state index is 13.8. The molecule has 5 rings (SSSR count). The van der Waals surface area contributed by atoms with Crippen molar-refractivity contribution in [3.63, 3.8) is 0 Å². The lowest BCUT2D eigenvalue weighted by Gasteiger charge is -2.44. The smallest absolute Gasteiger partial charge is 0.354 e. The average molecular weight is 754 g/mol. The molecule has 3 N–H and O–H groups in total. The first-order valence-corrected chi connectivity index (χ1v) is 16.7. The molecule has 2 atom stereocenters. The van der Waals surface area contributed by atoms with E-state index in [1.807, 2.05) is 39.0 Å². The summed E-state index contributed by atoms with van der Waals surface area (Å²) in [4.78, 5) is 51.1. The second-order valence-corrected chi connectivity index (χ2v) is 14.2. The number of aryl methyl sites for hydroxylation is 3. The van der Waals surface area contributed by atoms with Gasteiger partial charge in [-0.1, -0.05) is 17.7 Å². The number of carbonyl (C=O) groups excluding carboxylic acids is 3. The Hall–Kier alpha value is -3.69. The van der Waals surface area contributed by atoms with Crippen molar-refractivity contribution in [2.45, 2.75) is 70.4 Å². The highest BCUT2D eigenvalue weighted by atomic mass is 79.9. The Morgan fingerprint density at radius 2 is 1.81 bits per heavy atom. The number of benzene rings is 1. The van der Waals surface area contributed by atoms with E-state index >= 15 is 0 Å². The van der Waals surface area contributed by atoms with Gasteiger partial charge in [-0.2, -0.15) is 13.2 Å². The molecule has 48 heavy (non-hydrogen) atoms. The second kappa shape index (κ2) is 14.4. The third-order valence-electron chi connectivity index (χ3n) is 8.19. The van der Waals surface area contributed by atoms with Gasteiger partial charge in [0.2, 0.25) is 11.9 Å². The third-order valence-corrected chi connectivity index (χ3v) is 8.85. The van der Waals surface area contributed by atoms with Crippen LogP contribution in [-0.4, -0.2) is 86.1 Å². The van der Waals surface area contributed by atoms with E-state index in [1.54, 1.807) is 16.4 Å². The molecule has 3 heterocycles. The van der Waals surface area contributed by atoms with Crippen LogP contribution in [0.5, 0.6) is 0 Å². The van der Waals surface area contributed by atoms with Crippen molar-refractivity contribution in [3.8, 4) is 0 Å². The van der Waals surface area contributed by atoms with E-state index in [0.717, 1.165) is 39.7 Å². The van der Waals surface area contributed by atoms with Gasteiger partial charge in [-0.05, 0) is 90.9 Å². The first kappa shape index (κ1) is 35.6. The molecule has 3 aromatic rings. The quantitative estimate of drug-likeness (QED) is 0.289. The number of anilines is 1. The van der Waals surface area contributed by atoms with Gasteiger partial charge in [-0.15, -0.1) is 0 Å². The van der Waals surface area contributed by atoms with E-state index < -0.39 is 23.7 Å². The van der Waals surface area contributed by atoms with Gasteiger partial charge in [0.05, 0.1) is 11.7 Å². The Morgan fingerprint density at radius 3 is 2.54 bits per heavy atom. The maximum Gasteiger partial charge on any atom is 0.471 e. The minimum absolute atomic E-state index is 0.165. The van der Waals surface area contributed by atoms with Crippen LogP contribution in [0, 0.1) is 0 Å². The largest absolute Gasteiger partial charge is 0.471 e. The van der Waals surface area contributed by atoms with Crippen LogP contribution >= 0.6 is 27.5 Å². The number of nitrogens with one attached hydrogen (secondary N) is 3. The van der Waals surface area contributed by atoms with Crippen molar-refractivity contribution in [1.82, 2.24) is 35.0 Å². The van der Waals surface area contributed by atoms with Gasteiger partial charge < -0.3 is 20.1 Å². The zero-order chi connectivity index (χ0) is 34.8. The Labute approximate surface area is 289 Å². The van der Waals surface area contributed by atoms with Gasteiger partial charge in [-0.3, -0.25) is 24.8 Å². The fourth-order valence-electron chi connectivity index (χ4n) is 6.05. The molecule has 0 saturated carbocycles. The molecule has 258 valence electrons. The number of amides is 4. The van der Waals surface area contributed by atoms with Crippen molar-refractivity contribution >= 4 is 51.3 Å². The van der Waals surface area contributed by atoms with Crippen LogP contribution in [0.25, 0.3) is 0 Å². The number of hydrogen-bond acceptors (Lipinski definition) is 6. The first-order valence-electron chi connectivity index (χ1n) is 15.5. The van der Waals surface area contributed by atoms with E-state index in [2.05, 4.69) is 42.5 Å². The topological polar surface area (TPSA) is 124 Å². The van der Waals surface area contributed by atoms with Gasteiger partial charge in [0, 0.05) is 66.3 Å². The Kier molecular flexibility index (Phi) is 10.7. The number of nitrogens with zero attached hydrogens (tertiary/aromatic N) is 5. The predicted molar refractivity (Wildman–Crippen MR) is 178 cm³/mol. The fourth-order valence-corrected chi connectivity index (χ4v) is 6.62. The summed E-state index contributed by atoms with van der Waals surface area (Å²) in [6.45, 7) is 6.93. The molecule has 0 radical (unpaired) electrons. The lowest BCUT2D eigenvalue weighted by Crippen LogP contribution is -2.64. The summed E-state index contributed by atoms with van der Waals surface area (Å²) in [6, 6.07) is 6.42. The fraction of sp³-hybridized carbons (Fsp3) is 0.469. The maximum absolute atomic E-state index is 13.8. The number of rotatable bonds is 7. The number of urea groups is 1. The van der Waals surface area contributed by atoms with Crippen LogP contribution in [-0.2, 0) is 29.0 Å². The summed E-state index contributed by atoms with van der Waals surface area (Å²) in [5.41, 5.74) is 3.59. The Balaban J connectivity index is 1.35. The van der Waals surface area contributed by atoms with Crippen molar-refractivity contribution in [3.05, 3.63) is 74.7 Å². The molecule has 0 bridgehead atoms. The molecular formula is C32H37BrClF3N8O3. The Bertz CT molecular complexity index is 1630. The summed E-state index contributed by atoms with van der Waals surface area (Å²) < 4.78 is 40.4. The number of aromatic nitrogens is 3. The van der Waals surface area contributed by atoms with Gasteiger partial charge in [-0.25, -0.2) is 9.78 Å². The summed E-state index contributed by atoms with van der Waals surface area (Å²) in [7, 11) is 0. The first-order chi connectivity index (χ1) is 22.6. The van der Waals surface area contributed by atoms with E-state index in [1.165, 1.54) is 17.0 Å². The van der Waals surface area contributed by atoms with Crippen LogP contribution in [0.3, 0.4) is 0 Å². The molecule has 0 spiro atoms. The summed E-state index contributed by atoms with van der Waals surface area (Å²) in [5, 5.41) is 8.28. The van der Waals surface area contributed by atoms with Crippen molar-refractivity contribution < 1.29 is 27.6 Å². The SMILES string of the molecule is CC(C)(C)NC(=O)N1CCN(C2c3ccc(Cl)cc3CCc3cc(Br)cnc32)C[C@@H]1C(=O)NCCCn1ccnc1NC(=O)C(F)(F)F. The minimum atomic E-state index is -5.05. The van der Waals surface area contributed by atoms with Crippen LogP contribution in [0.1, 0.15) is 55.6 Å². The van der Waals surface area contributed by atoms with Crippen molar-refractivity contribution in [2.75, 3.05) is 31.5 Å². The van der Waals surface area contributed by atoms with Crippen LogP contribution in [0.2, 0.25) is 5.02 Å². The van der Waals surface area contributed by atoms with Crippen molar-refractivity contribution in [1.29, 1.82) is 0 Å². The molecule has 11 nitrogen and oxygen atoms in total. The highest BCUT2D eigenvalue weighted by Gasteiger charge is 2.41. The van der Waals surface area contributed by atoms with Gasteiger partial charge in [0.1, 0.15) is 6.04 Å². The molecule has 1 unspecified atom stereocenters. The third kappa shape index (κ3) is 8.47. The molecule has 1 fully saturated rings. The van der Waals surface area contributed by atoms with E-state index in [-0.39, 0.29) is 50.1 Å². The zero-order valence-corrected chi connectivity index (χ0v) is 29.0. The van der Waals surface area contributed by atoms with Gasteiger partial charge >= 0.3 is 18.1 Å². The molecule has 2 aliphatic rings. The van der Waals surface area contributed by atoms with Crippen molar-refractivity contribution in [2.24, 2.45) is 0 Å². The predicted octanol–water partition coefficient (Wildman–Crippen LogP) is 5.08. The normalized spacial score (nSPS) is 18.4. The molecular weight excluding hydrogens is 717 g/mol. The van der Waals surface area contributed by atoms with Crippen LogP contribution in [0.15, 0.2) is 47.3 Å². The molecule has 1 aliphatic heterocycles. The highest BCUT2D eigenvalue weighted by Crippen LogP contribution is 2.38. The summed E-state index contributed by atoms with van der Waals surface area (Å²) in [5.74, 6) is -2.74. The van der Waals surface area contributed by atoms with Crippen LogP contribution in [0.4, 0.5) is 23.9 Å². The Morgan fingerprint density at radius 1 is 1.06 bits per heavy atom. The van der Waals surface area contributed by atoms with Gasteiger partial charge in [0.15, 0.2) is 0 Å². The number of pyridine rings is 1. The van der Waals surface area contributed by atoms with Crippen LogP contribution < -0.4 is 16.0 Å². The molecule has 16 heteroatoms. The minimum Gasteiger partial charge on any atom is -0.354 e.